The number of nitrogens with zero attached hydrogens (tertiary/aromatic N) is 1. The smallest absolute Gasteiger partial charge is 0.237 e. The van der Waals surface area contributed by atoms with Crippen LogP contribution in [0.15, 0.2) is 18.2 Å². The molecule has 19 heavy (non-hydrogen) atoms. The maximum atomic E-state index is 14.1. The molecule has 1 unspecified atom stereocenters. The van der Waals surface area contributed by atoms with Gasteiger partial charge in [-0.05, 0) is 31.4 Å². The maximum Gasteiger partial charge on any atom is 0.237 e. The van der Waals surface area contributed by atoms with E-state index in [0.717, 1.165) is 6.42 Å². The van der Waals surface area contributed by atoms with E-state index < -0.39 is 5.92 Å². The van der Waals surface area contributed by atoms with Crippen molar-refractivity contribution in [2.45, 2.75) is 33.1 Å². The van der Waals surface area contributed by atoms with Crippen LogP contribution in [-0.2, 0) is 9.59 Å². The Morgan fingerprint density at radius 2 is 2.21 bits per heavy atom. The minimum atomic E-state index is -0.598. The lowest BCUT2D eigenvalue weighted by atomic mass is 9.91. The van der Waals surface area contributed by atoms with Gasteiger partial charge in [0.1, 0.15) is 11.6 Å². The van der Waals surface area contributed by atoms with Gasteiger partial charge < -0.3 is 4.90 Å². The predicted molar refractivity (Wildman–Crippen MR) is 71.5 cm³/mol. The largest absolute Gasteiger partial charge is 0.309 e. The topological polar surface area (TPSA) is 37.4 Å². The van der Waals surface area contributed by atoms with Crippen molar-refractivity contribution in [2.24, 2.45) is 5.92 Å². The summed E-state index contributed by atoms with van der Waals surface area (Å²) < 4.78 is 14.1. The molecule has 0 radical (unpaired) electrons. The maximum absolute atomic E-state index is 14.1. The van der Waals surface area contributed by atoms with E-state index >= 15 is 0 Å². The molecule has 1 heterocycles. The molecule has 1 saturated heterocycles. The van der Waals surface area contributed by atoms with Crippen LogP contribution in [0, 0.1) is 18.7 Å². The average Bonchev–Trinajstić information content (AvgIpc) is 2.42. The number of amides is 1. The van der Waals surface area contributed by atoms with Crippen molar-refractivity contribution in [3.8, 4) is 0 Å². The highest BCUT2D eigenvalue weighted by atomic mass is 19.1. The van der Waals surface area contributed by atoms with Crippen molar-refractivity contribution >= 4 is 17.4 Å². The molecule has 1 fully saturated rings. The molecule has 4 heteroatoms. The van der Waals surface area contributed by atoms with Crippen molar-refractivity contribution < 1.29 is 14.0 Å². The zero-order chi connectivity index (χ0) is 14.0. The lowest BCUT2D eigenvalue weighted by Gasteiger charge is -2.32. The number of halogens is 1. The number of hydrogen-bond acceptors (Lipinski definition) is 2. The van der Waals surface area contributed by atoms with Gasteiger partial charge >= 0.3 is 0 Å². The number of rotatable bonds is 3. The van der Waals surface area contributed by atoms with E-state index in [0.29, 0.717) is 30.6 Å². The lowest BCUT2D eigenvalue weighted by molar-refractivity contribution is -0.133. The summed E-state index contributed by atoms with van der Waals surface area (Å²) in [4.78, 5) is 25.5. The number of hydrogen-bond donors (Lipinski definition) is 0. The first-order chi connectivity index (χ1) is 9.06. The zero-order valence-corrected chi connectivity index (χ0v) is 11.3. The van der Waals surface area contributed by atoms with Crippen LogP contribution in [0.5, 0.6) is 0 Å². The number of Topliss-reactive ketones (excluding diaryl/α,β-unsaturated/α-hetero) is 1. The summed E-state index contributed by atoms with van der Waals surface area (Å²) in [6.45, 7) is 3.90. The Bertz CT molecular complexity index is 513. The average molecular weight is 263 g/mol. The van der Waals surface area contributed by atoms with Gasteiger partial charge in [0.25, 0.3) is 0 Å². The van der Waals surface area contributed by atoms with E-state index in [1.807, 2.05) is 0 Å². The molecule has 102 valence electrons. The number of anilines is 1. The fourth-order valence-corrected chi connectivity index (χ4v) is 2.50. The number of ketones is 1. The lowest BCUT2D eigenvalue weighted by Crippen LogP contribution is -2.44. The minimum Gasteiger partial charge on any atom is -0.309 e. The van der Waals surface area contributed by atoms with Gasteiger partial charge in [0, 0.05) is 13.0 Å². The Hall–Kier alpha value is -1.71. The first kappa shape index (κ1) is 13.7. The summed E-state index contributed by atoms with van der Waals surface area (Å²) in [5.74, 6) is -1.29. The van der Waals surface area contributed by atoms with Crippen molar-refractivity contribution in [3.05, 3.63) is 29.6 Å². The molecule has 1 aliphatic rings. The molecule has 3 nitrogen and oxygen atoms in total. The summed E-state index contributed by atoms with van der Waals surface area (Å²) in [7, 11) is 0. The summed E-state index contributed by atoms with van der Waals surface area (Å²) in [6.07, 6.45) is 1.66. The fourth-order valence-electron chi connectivity index (χ4n) is 2.50. The molecule has 0 aromatic heterocycles. The standard InChI is InChI=1S/C15H18FNO2/c1-3-13(18)11-7-5-9-17(15(11)19)12-8-4-6-10(2)14(12)16/h4,6,8,11H,3,5,7,9H2,1-2H3. The third-order valence-electron chi connectivity index (χ3n) is 3.64. The van der Waals surface area contributed by atoms with Crippen LogP contribution in [-0.4, -0.2) is 18.2 Å². The molecule has 1 aliphatic heterocycles. The molecular weight excluding hydrogens is 245 g/mol. The second-order valence-electron chi connectivity index (χ2n) is 4.91. The van der Waals surface area contributed by atoms with E-state index in [4.69, 9.17) is 0 Å². The van der Waals surface area contributed by atoms with E-state index in [1.165, 1.54) is 4.90 Å². The SMILES string of the molecule is CCC(=O)C1CCCN(c2cccc(C)c2F)C1=O. The van der Waals surface area contributed by atoms with Crippen LogP contribution >= 0.6 is 0 Å². The van der Waals surface area contributed by atoms with Crippen molar-refractivity contribution in [2.75, 3.05) is 11.4 Å². The van der Waals surface area contributed by atoms with E-state index in [1.54, 1.807) is 32.0 Å². The van der Waals surface area contributed by atoms with E-state index in [2.05, 4.69) is 0 Å². The molecule has 0 spiro atoms. The van der Waals surface area contributed by atoms with Crippen LogP contribution in [0.2, 0.25) is 0 Å². The molecular formula is C15H18FNO2. The number of carbonyl (C=O) groups excluding carboxylic acids is 2. The monoisotopic (exact) mass is 263 g/mol. The van der Waals surface area contributed by atoms with E-state index in [9.17, 15) is 14.0 Å². The molecule has 2 rings (SSSR count). The van der Waals surface area contributed by atoms with Crippen molar-refractivity contribution in [3.63, 3.8) is 0 Å². The Morgan fingerprint density at radius 3 is 2.89 bits per heavy atom. The van der Waals surface area contributed by atoms with Crippen molar-refractivity contribution in [1.82, 2.24) is 0 Å². The molecule has 0 N–H and O–H groups in total. The Balaban J connectivity index is 2.32. The third kappa shape index (κ3) is 2.53. The highest BCUT2D eigenvalue weighted by Crippen LogP contribution is 2.28. The number of benzene rings is 1. The summed E-state index contributed by atoms with van der Waals surface area (Å²) >= 11 is 0. The van der Waals surface area contributed by atoms with Gasteiger partial charge in [-0.1, -0.05) is 19.1 Å². The quantitative estimate of drug-likeness (QED) is 0.786. The number of aryl methyl sites for hydroxylation is 1. The summed E-state index contributed by atoms with van der Waals surface area (Å²) in [6, 6.07) is 4.99. The minimum absolute atomic E-state index is 0.0530. The molecule has 0 bridgehead atoms. The van der Waals surface area contributed by atoms with Gasteiger partial charge in [-0.2, -0.15) is 0 Å². The molecule has 0 aliphatic carbocycles. The Labute approximate surface area is 112 Å². The van der Waals surface area contributed by atoms with Gasteiger partial charge in [0.2, 0.25) is 5.91 Å². The van der Waals surface area contributed by atoms with Crippen LogP contribution in [0.25, 0.3) is 0 Å². The van der Waals surface area contributed by atoms with Gasteiger partial charge in [0.15, 0.2) is 0 Å². The van der Waals surface area contributed by atoms with Crippen LogP contribution in [0.1, 0.15) is 31.7 Å². The van der Waals surface area contributed by atoms with E-state index in [-0.39, 0.29) is 17.5 Å². The number of carbonyl (C=O) groups is 2. The molecule has 1 aromatic carbocycles. The number of piperidine rings is 1. The Morgan fingerprint density at radius 1 is 1.47 bits per heavy atom. The van der Waals surface area contributed by atoms with Gasteiger partial charge in [-0.15, -0.1) is 0 Å². The highest BCUT2D eigenvalue weighted by molar-refractivity contribution is 6.09. The predicted octanol–water partition coefficient (Wildman–Crippen LogP) is 2.86. The molecule has 1 aromatic rings. The third-order valence-corrected chi connectivity index (χ3v) is 3.64. The van der Waals surface area contributed by atoms with Crippen LogP contribution in [0.4, 0.5) is 10.1 Å². The second kappa shape index (κ2) is 5.51. The first-order valence-electron chi connectivity index (χ1n) is 6.65. The zero-order valence-electron chi connectivity index (χ0n) is 11.3. The van der Waals surface area contributed by atoms with Crippen LogP contribution in [0.3, 0.4) is 0 Å². The summed E-state index contributed by atoms with van der Waals surface area (Å²) in [5.41, 5.74) is 0.799. The molecule has 1 amide bonds. The first-order valence-corrected chi connectivity index (χ1v) is 6.65. The Kier molecular flexibility index (Phi) is 3.98. The normalized spacial score (nSPS) is 19.6. The highest BCUT2D eigenvalue weighted by Gasteiger charge is 2.34. The molecule has 1 atom stereocenters. The van der Waals surface area contributed by atoms with Gasteiger partial charge in [-0.25, -0.2) is 4.39 Å². The van der Waals surface area contributed by atoms with Gasteiger partial charge in [0.05, 0.1) is 11.6 Å². The summed E-state index contributed by atoms with van der Waals surface area (Å²) in [5, 5.41) is 0. The van der Waals surface area contributed by atoms with Crippen molar-refractivity contribution in [1.29, 1.82) is 0 Å². The van der Waals surface area contributed by atoms with Gasteiger partial charge in [-0.3, -0.25) is 9.59 Å². The second-order valence-corrected chi connectivity index (χ2v) is 4.91. The molecule has 0 saturated carbocycles. The van der Waals surface area contributed by atoms with Crippen LogP contribution < -0.4 is 4.90 Å². The fraction of sp³-hybridized carbons (Fsp3) is 0.467.